The molecule has 0 bridgehead atoms. The molecule has 3 N–H and O–H groups in total. The predicted molar refractivity (Wildman–Crippen MR) is 64.8 cm³/mol. The van der Waals surface area contributed by atoms with Crippen LogP contribution in [0.25, 0.3) is 0 Å². The van der Waals surface area contributed by atoms with Crippen LogP contribution >= 0.6 is 0 Å². The summed E-state index contributed by atoms with van der Waals surface area (Å²) in [5.74, 6) is -1.00. The van der Waals surface area contributed by atoms with Crippen LogP contribution < -0.4 is 11.1 Å². The quantitative estimate of drug-likeness (QED) is 0.867. The molecule has 3 nitrogen and oxygen atoms in total. The Bertz CT molecular complexity index is 479. The summed E-state index contributed by atoms with van der Waals surface area (Å²) in [5, 5.41) is 3.16. The Kier molecular flexibility index (Phi) is 3.80. The van der Waals surface area contributed by atoms with Crippen LogP contribution in [-0.4, -0.2) is 19.0 Å². The lowest BCUT2D eigenvalue weighted by Gasteiger charge is -2.24. The van der Waals surface area contributed by atoms with Crippen LogP contribution in [0, 0.1) is 0 Å². The normalized spacial score (nSPS) is 20.3. The van der Waals surface area contributed by atoms with Gasteiger partial charge in [0, 0.05) is 6.54 Å². The van der Waals surface area contributed by atoms with E-state index in [1.807, 2.05) is 0 Å². The van der Waals surface area contributed by atoms with E-state index in [1.165, 1.54) is 6.07 Å². The molecule has 1 aromatic carbocycles. The van der Waals surface area contributed by atoms with Gasteiger partial charge in [0.15, 0.2) is 0 Å². The van der Waals surface area contributed by atoms with Gasteiger partial charge in [0.1, 0.15) is 0 Å². The third-order valence-corrected chi connectivity index (χ3v) is 3.38. The van der Waals surface area contributed by atoms with Crippen molar-refractivity contribution in [2.75, 3.05) is 13.1 Å². The first-order chi connectivity index (χ1) is 8.89. The van der Waals surface area contributed by atoms with Crippen molar-refractivity contribution in [2.24, 2.45) is 5.73 Å². The maximum absolute atomic E-state index is 12.9. The average molecular weight is 272 g/mol. The summed E-state index contributed by atoms with van der Waals surface area (Å²) in [6.07, 6.45) is -2.79. The number of amides is 1. The second-order valence-electron chi connectivity index (χ2n) is 4.71. The van der Waals surface area contributed by atoms with E-state index in [9.17, 15) is 18.0 Å². The van der Waals surface area contributed by atoms with Crippen molar-refractivity contribution < 1.29 is 18.0 Å². The molecule has 0 aliphatic carbocycles. The molecule has 1 saturated heterocycles. The van der Waals surface area contributed by atoms with Gasteiger partial charge in [-0.3, -0.25) is 4.79 Å². The van der Waals surface area contributed by atoms with Crippen molar-refractivity contribution in [3.8, 4) is 0 Å². The average Bonchev–Trinajstić information content (AvgIpc) is 2.38. The molecule has 19 heavy (non-hydrogen) atoms. The summed E-state index contributed by atoms with van der Waals surface area (Å²) < 4.78 is 38.8. The molecule has 1 fully saturated rings. The van der Waals surface area contributed by atoms with Gasteiger partial charge < -0.3 is 11.1 Å². The van der Waals surface area contributed by atoms with Crippen molar-refractivity contribution in [3.63, 3.8) is 0 Å². The largest absolute Gasteiger partial charge is 0.417 e. The fourth-order valence-corrected chi connectivity index (χ4v) is 2.40. The van der Waals surface area contributed by atoms with Crippen LogP contribution in [0.5, 0.6) is 0 Å². The summed E-state index contributed by atoms with van der Waals surface area (Å²) in [4.78, 5) is 11.1. The molecule has 1 amide bonds. The zero-order valence-electron chi connectivity index (χ0n) is 10.3. The highest BCUT2D eigenvalue weighted by atomic mass is 19.4. The number of alkyl halides is 3. The summed E-state index contributed by atoms with van der Waals surface area (Å²) in [7, 11) is 0. The molecule has 1 aliphatic rings. The summed E-state index contributed by atoms with van der Waals surface area (Å²) >= 11 is 0. The number of nitrogens with one attached hydrogen (secondary N) is 1. The molecule has 1 unspecified atom stereocenters. The smallest absolute Gasteiger partial charge is 0.366 e. The van der Waals surface area contributed by atoms with Gasteiger partial charge in [-0.25, -0.2) is 0 Å². The Morgan fingerprint density at radius 3 is 2.63 bits per heavy atom. The highest BCUT2D eigenvalue weighted by Gasteiger charge is 2.35. The zero-order valence-corrected chi connectivity index (χ0v) is 10.3. The minimum Gasteiger partial charge on any atom is -0.366 e. The third-order valence-electron chi connectivity index (χ3n) is 3.38. The third kappa shape index (κ3) is 3.07. The van der Waals surface area contributed by atoms with Gasteiger partial charge in [0.2, 0.25) is 5.91 Å². The first-order valence-corrected chi connectivity index (χ1v) is 6.11. The molecule has 6 heteroatoms. The Morgan fingerprint density at radius 1 is 1.37 bits per heavy atom. The van der Waals surface area contributed by atoms with Crippen LogP contribution in [0.1, 0.15) is 40.2 Å². The molecular formula is C13H15F3N2O. The van der Waals surface area contributed by atoms with Gasteiger partial charge in [-0.15, -0.1) is 0 Å². The number of benzene rings is 1. The van der Waals surface area contributed by atoms with Crippen LogP contribution in [0.4, 0.5) is 13.2 Å². The molecule has 0 spiro atoms. The van der Waals surface area contributed by atoms with Gasteiger partial charge in [0.25, 0.3) is 0 Å². The topological polar surface area (TPSA) is 55.1 Å². The maximum atomic E-state index is 12.9. The van der Waals surface area contributed by atoms with Gasteiger partial charge in [-0.05, 0) is 43.0 Å². The van der Waals surface area contributed by atoms with Crippen molar-refractivity contribution in [2.45, 2.75) is 24.9 Å². The lowest BCUT2D eigenvalue weighted by Crippen LogP contribution is -2.28. The zero-order chi connectivity index (χ0) is 14.0. The number of carbonyl (C=O) groups excluding carboxylic acids is 1. The number of hydrogen-bond acceptors (Lipinski definition) is 2. The number of carbonyl (C=O) groups is 1. The summed E-state index contributed by atoms with van der Waals surface area (Å²) in [5.41, 5.74) is 4.18. The number of primary amides is 1. The second-order valence-corrected chi connectivity index (χ2v) is 4.71. The van der Waals surface area contributed by atoms with Gasteiger partial charge in [-0.1, -0.05) is 6.07 Å². The molecule has 2 rings (SSSR count). The van der Waals surface area contributed by atoms with Crippen molar-refractivity contribution in [3.05, 3.63) is 34.9 Å². The number of nitrogens with two attached hydrogens (primary N) is 1. The van der Waals surface area contributed by atoms with Gasteiger partial charge in [0.05, 0.1) is 11.1 Å². The molecule has 104 valence electrons. The van der Waals surface area contributed by atoms with Crippen LogP contribution in [0.3, 0.4) is 0 Å². The predicted octanol–water partition coefficient (Wildman–Crippen LogP) is 2.27. The molecular weight excluding hydrogens is 257 g/mol. The van der Waals surface area contributed by atoms with Crippen LogP contribution in [0.2, 0.25) is 0 Å². The Hall–Kier alpha value is -1.56. The standard InChI is InChI=1S/C13H15F3N2O/c14-13(15,16)11-6-8(3-4-10(11)12(17)19)9-2-1-5-18-7-9/h3-4,6,9,18H,1-2,5,7H2,(H2,17,19). The lowest BCUT2D eigenvalue weighted by atomic mass is 9.89. The molecule has 1 aromatic rings. The van der Waals surface area contributed by atoms with E-state index >= 15 is 0 Å². The fraction of sp³-hybridized carbons (Fsp3) is 0.462. The molecule has 0 saturated carbocycles. The first kappa shape index (κ1) is 13.9. The van der Waals surface area contributed by atoms with E-state index in [-0.39, 0.29) is 5.92 Å². The number of halogens is 3. The summed E-state index contributed by atoms with van der Waals surface area (Å²) in [6, 6.07) is 3.79. The Balaban J connectivity index is 2.40. The van der Waals surface area contributed by atoms with Crippen molar-refractivity contribution >= 4 is 5.91 Å². The second kappa shape index (κ2) is 5.21. The fourth-order valence-electron chi connectivity index (χ4n) is 2.40. The minimum atomic E-state index is -4.57. The van der Waals surface area contributed by atoms with Crippen LogP contribution in [0.15, 0.2) is 18.2 Å². The Labute approximate surface area is 109 Å². The molecule has 0 aromatic heterocycles. The van der Waals surface area contributed by atoms with E-state index in [1.54, 1.807) is 6.07 Å². The van der Waals surface area contributed by atoms with E-state index in [4.69, 9.17) is 5.73 Å². The van der Waals surface area contributed by atoms with E-state index < -0.39 is 23.2 Å². The highest BCUT2D eigenvalue weighted by molar-refractivity contribution is 5.94. The number of hydrogen-bond donors (Lipinski definition) is 2. The van der Waals surface area contributed by atoms with Crippen molar-refractivity contribution in [1.82, 2.24) is 5.32 Å². The maximum Gasteiger partial charge on any atom is 0.417 e. The van der Waals surface area contributed by atoms with E-state index in [0.717, 1.165) is 25.5 Å². The lowest BCUT2D eigenvalue weighted by molar-refractivity contribution is -0.138. The van der Waals surface area contributed by atoms with Gasteiger partial charge >= 0.3 is 6.18 Å². The monoisotopic (exact) mass is 272 g/mol. The number of rotatable bonds is 2. The van der Waals surface area contributed by atoms with E-state index in [2.05, 4.69) is 5.32 Å². The van der Waals surface area contributed by atoms with Crippen LogP contribution in [-0.2, 0) is 6.18 Å². The summed E-state index contributed by atoms with van der Waals surface area (Å²) in [6.45, 7) is 1.55. The number of piperidine rings is 1. The molecule has 0 radical (unpaired) electrons. The first-order valence-electron chi connectivity index (χ1n) is 6.11. The SMILES string of the molecule is NC(=O)c1ccc(C2CCCNC2)cc1C(F)(F)F. The molecule has 1 aliphatic heterocycles. The van der Waals surface area contributed by atoms with Gasteiger partial charge in [-0.2, -0.15) is 13.2 Å². The Morgan fingerprint density at radius 2 is 2.11 bits per heavy atom. The van der Waals surface area contributed by atoms with E-state index in [0.29, 0.717) is 12.1 Å². The van der Waals surface area contributed by atoms with Crippen molar-refractivity contribution in [1.29, 1.82) is 0 Å². The highest BCUT2D eigenvalue weighted by Crippen LogP contribution is 2.35. The molecule has 1 atom stereocenters. The molecule has 1 heterocycles. The minimum absolute atomic E-state index is 0.0526.